The minimum Gasteiger partial charge on any atom is -0.493 e. The molecule has 0 aliphatic rings. The molecule has 39 heavy (non-hydrogen) atoms. The van der Waals surface area contributed by atoms with Crippen LogP contribution in [0.3, 0.4) is 0 Å². The van der Waals surface area contributed by atoms with Crippen molar-refractivity contribution in [1.82, 2.24) is 9.66 Å². The second-order valence-corrected chi connectivity index (χ2v) is 9.36. The molecule has 5 aromatic rings. The summed E-state index contributed by atoms with van der Waals surface area (Å²) in [5, 5.41) is 5.80. The van der Waals surface area contributed by atoms with E-state index >= 15 is 0 Å². The molecule has 198 valence electrons. The molecule has 2 aromatic heterocycles. The Hall–Kier alpha value is -4.44. The fraction of sp³-hybridized carbons (Fsp3) is 0.172. The number of furan rings is 1. The largest absolute Gasteiger partial charge is 0.493 e. The number of para-hydroxylation sites is 2. The van der Waals surface area contributed by atoms with E-state index in [2.05, 4.69) is 21.0 Å². The molecule has 0 saturated heterocycles. The number of rotatable bonds is 8. The molecule has 0 spiro atoms. The predicted molar refractivity (Wildman–Crippen MR) is 152 cm³/mol. The molecule has 1 atom stereocenters. The Balaban J connectivity index is 1.57. The average Bonchev–Trinajstić information content (AvgIpc) is 3.38. The fourth-order valence-electron chi connectivity index (χ4n) is 4.02. The number of carbonyl (C=O) groups is 1. The zero-order chi connectivity index (χ0) is 27.5. The molecule has 2 heterocycles. The van der Waals surface area contributed by atoms with Gasteiger partial charge in [0.05, 0.1) is 35.3 Å². The molecule has 10 heteroatoms. The molecule has 0 saturated carbocycles. The number of carbonyl (C=O) groups excluding carboxylic acids is 1. The van der Waals surface area contributed by atoms with E-state index in [1.54, 1.807) is 44.2 Å². The molecule has 0 aliphatic carbocycles. The van der Waals surface area contributed by atoms with Gasteiger partial charge in [-0.2, -0.15) is 9.78 Å². The van der Waals surface area contributed by atoms with Crippen molar-refractivity contribution in [2.75, 3.05) is 13.7 Å². The first-order valence-electron chi connectivity index (χ1n) is 12.2. The van der Waals surface area contributed by atoms with Crippen LogP contribution in [0.4, 0.5) is 0 Å². The Morgan fingerprint density at radius 2 is 1.92 bits per heavy atom. The van der Waals surface area contributed by atoms with Gasteiger partial charge in [0.15, 0.2) is 23.4 Å². The maximum absolute atomic E-state index is 13.5. The molecule has 0 fully saturated rings. The van der Waals surface area contributed by atoms with Crippen LogP contribution in [0.15, 0.2) is 85.5 Å². The second kappa shape index (κ2) is 11.1. The van der Waals surface area contributed by atoms with E-state index in [1.165, 1.54) is 18.0 Å². The van der Waals surface area contributed by atoms with Crippen LogP contribution in [-0.4, -0.2) is 41.7 Å². The van der Waals surface area contributed by atoms with E-state index in [0.717, 1.165) is 5.39 Å². The van der Waals surface area contributed by atoms with Crippen LogP contribution in [0, 0.1) is 0 Å². The molecule has 0 bridgehead atoms. The molecule has 0 amide bonds. The van der Waals surface area contributed by atoms with E-state index in [9.17, 15) is 9.59 Å². The molecular weight excluding hydrogens is 566 g/mol. The average molecular weight is 590 g/mol. The Labute approximate surface area is 231 Å². The fourth-order valence-corrected chi connectivity index (χ4v) is 4.57. The summed E-state index contributed by atoms with van der Waals surface area (Å²) in [7, 11) is 1.49. The topological polar surface area (TPSA) is 105 Å². The van der Waals surface area contributed by atoms with Crippen molar-refractivity contribution in [1.29, 1.82) is 0 Å². The quantitative estimate of drug-likeness (QED) is 0.166. The van der Waals surface area contributed by atoms with Gasteiger partial charge in [-0.05, 0) is 71.7 Å². The van der Waals surface area contributed by atoms with Gasteiger partial charge in [-0.3, -0.25) is 4.79 Å². The monoisotopic (exact) mass is 589 g/mol. The summed E-state index contributed by atoms with van der Waals surface area (Å²) in [5.41, 5.74) is 1.46. The van der Waals surface area contributed by atoms with E-state index < -0.39 is 12.1 Å². The molecule has 9 nitrogen and oxygen atoms in total. The Bertz CT molecular complexity index is 1740. The standard InChI is InChI=1S/C29H24BrN3O6/c1-4-37-29(35)17(2)38-26-21(30)13-18(14-24(26)36-3)16-31-33-27(25-15-19-9-5-8-12-23(19)39-25)32-22-11-7-6-10-20(22)28(33)34/h5-17H,4H2,1-3H3/t17-/m1/s1. The van der Waals surface area contributed by atoms with Crippen LogP contribution >= 0.6 is 15.9 Å². The number of fused-ring (bicyclic) bond motifs is 2. The zero-order valence-electron chi connectivity index (χ0n) is 21.4. The molecule has 0 N–H and O–H groups in total. The van der Waals surface area contributed by atoms with Crippen molar-refractivity contribution in [3.05, 3.63) is 87.1 Å². The minimum atomic E-state index is -0.844. The number of esters is 1. The van der Waals surface area contributed by atoms with Crippen LogP contribution in [-0.2, 0) is 9.53 Å². The first-order valence-corrected chi connectivity index (χ1v) is 12.9. The number of hydrogen-bond acceptors (Lipinski definition) is 8. The van der Waals surface area contributed by atoms with Gasteiger partial charge < -0.3 is 18.6 Å². The van der Waals surface area contributed by atoms with Gasteiger partial charge in [0.2, 0.25) is 5.82 Å². The van der Waals surface area contributed by atoms with E-state index in [-0.39, 0.29) is 18.0 Å². The number of ether oxygens (including phenoxy) is 3. The molecule has 3 aromatic carbocycles. The Morgan fingerprint density at radius 3 is 2.69 bits per heavy atom. The normalized spacial score (nSPS) is 12.2. The van der Waals surface area contributed by atoms with Crippen molar-refractivity contribution in [3.63, 3.8) is 0 Å². The summed E-state index contributed by atoms with van der Waals surface area (Å²) in [6, 6.07) is 19.9. The van der Waals surface area contributed by atoms with Gasteiger partial charge in [-0.25, -0.2) is 9.78 Å². The number of aromatic nitrogens is 2. The van der Waals surface area contributed by atoms with Gasteiger partial charge in [0, 0.05) is 5.39 Å². The molecule has 0 radical (unpaired) electrons. The number of nitrogens with zero attached hydrogens (tertiary/aromatic N) is 3. The van der Waals surface area contributed by atoms with Gasteiger partial charge in [-0.1, -0.05) is 30.3 Å². The van der Waals surface area contributed by atoms with Crippen LogP contribution < -0.4 is 15.0 Å². The number of hydrogen-bond donors (Lipinski definition) is 0. The number of benzene rings is 3. The highest BCUT2D eigenvalue weighted by molar-refractivity contribution is 9.10. The van der Waals surface area contributed by atoms with Gasteiger partial charge in [-0.15, -0.1) is 0 Å². The van der Waals surface area contributed by atoms with Crippen molar-refractivity contribution < 1.29 is 23.4 Å². The Kier molecular flexibility index (Phi) is 7.47. The van der Waals surface area contributed by atoms with E-state index in [4.69, 9.17) is 23.6 Å². The maximum Gasteiger partial charge on any atom is 0.347 e. The van der Waals surface area contributed by atoms with Gasteiger partial charge in [0.25, 0.3) is 5.56 Å². The van der Waals surface area contributed by atoms with Crippen molar-refractivity contribution in [2.45, 2.75) is 20.0 Å². The first-order chi connectivity index (χ1) is 18.9. The SMILES string of the molecule is CCOC(=O)[C@@H](C)Oc1c(Br)cc(C=Nn2c(-c3cc4ccccc4o3)nc3ccccc3c2=O)cc1OC. The lowest BCUT2D eigenvalue weighted by Crippen LogP contribution is -2.26. The lowest BCUT2D eigenvalue weighted by atomic mass is 10.2. The summed E-state index contributed by atoms with van der Waals surface area (Å²) in [6.07, 6.45) is 0.666. The Morgan fingerprint density at radius 1 is 1.15 bits per heavy atom. The first kappa shape index (κ1) is 26.2. The van der Waals surface area contributed by atoms with Crippen molar-refractivity contribution >= 4 is 50.0 Å². The highest BCUT2D eigenvalue weighted by Crippen LogP contribution is 2.37. The lowest BCUT2D eigenvalue weighted by Gasteiger charge is -2.17. The smallest absolute Gasteiger partial charge is 0.347 e. The van der Waals surface area contributed by atoms with Crippen LogP contribution in [0.25, 0.3) is 33.5 Å². The number of methoxy groups -OCH3 is 1. The minimum absolute atomic E-state index is 0.249. The number of halogens is 1. The van der Waals surface area contributed by atoms with Gasteiger partial charge in [0.1, 0.15) is 5.58 Å². The van der Waals surface area contributed by atoms with Crippen molar-refractivity contribution in [2.24, 2.45) is 5.10 Å². The zero-order valence-corrected chi connectivity index (χ0v) is 23.0. The molecule has 0 unspecified atom stereocenters. The summed E-state index contributed by atoms with van der Waals surface area (Å²) in [6.45, 7) is 3.57. The molecular formula is C29H24BrN3O6. The van der Waals surface area contributed by atoms with E-state index in [0.29, 0.717) is 43.8 Å². The highest BCUT2D eigenvalue weighted by Gasteiger charge is 2.21. The lowest BCUT2D eigenvalue weighted by molar-refractivity contribution is -0.150. The van der Waals surface area contributed by atoms with Gasteiger partial charge >= 0.3 is 5.97 Å². The van der Waals surface area contributed by atoms with Crippen LogP contribution in [0.2, 0.25) is 0 Å². The molecule has 5 rings (SSSR count). The van der Waals surface area contributed by atoms with Crippen LogP contribution in [0.5, 0.6) is 11.5 Å². The summed E-state index contributed by atoms with van der Waals surface area (Å²) < 4.78 is 24.1. The van der Waals surface area contributed by atoms with Crippen molar-refractivity contribution in [3.8, 4) is 23.1 Å². The summed E-state index contributed by atoms with van der Waals surface area (Å²) >= 11 is 3.48. The summed E-state index contributed by atoms with van der Waals surface area (Å²) in [4.78, 5) is 30.3. The third kappa shape index (κ3) is 5.28. The maximum atomic E-state index is 13.5. The summed E-state index contributed by atoms with van der Waals surface area (Å²) in [5.74, 6) is 0.886. The third-order valence-corrected chi connectivity index (χ3v) is 6.48. The highest BCUT2D eigenvalue weighted by atomic mass is 79.9. The predicted octanol–water partition coefficient (Wildman–Crippen LogP) is 5.79. The molecule has 0 aliphatic heterocycles. The second-order valence-electron chi connectivity index (χ2n) is 8.51. The van der Waals surface area contributed by atoms with E-state index in [1.807, 2.05) is 36.4 Å². The third-order valence-electron chi connectivity index (χ3n) is 5.89. The van der Waals surface area contributed by atoms with Crippen LogP contribution in [0.1, 0.15) is 19.4 Å².